The maximum Gasteiger partial charge on any atom is 0.472 e. The van der Waals surface area contributed by atoms with Crippen LogP contribution < -0.4 is 0 Å². The Kier molecular flexibility index (Phi) is 28.3. The van der Waals surface area contributed by atoms with E-state index in [0.717, 1.165) is 77.0 Å². The van der Waals surface area contributed by atoms with Crippen LogP contribution in [0.15, 0.2) is 24.3 Å². The van der Waals surface area contributed by atoms with Gasteiger partial charge in [0, 0.05) is 13.0 Å². The van der Waals surface area contributed by atoms with Crippen LogP contribution in [0.5, 0.6) is 0 Å². The number of phosphoric acid groups is 1. The van der Waals surface area contributed by atoms with E-state index in [9.17, 15) is 39.8 Å². The topological polar surface area (TPSA) is 192 Å². The highest BCUT2D eigenvalue weighted by Gasteiger charge is 2.51. The van der Waals surface area contributed by atoms with Gasteiger partial charge in [0.05, 0.1) is 13.2 Å². The fourth-order valence-corrected chi connectivity index (χ4v) is 6.79. The third-order valence-corrected chi connectivity index (χ3v) is 10.0. The van der Waals surface area contributed by atoms with Gasteiger partial charge in [-0.25, -0.2) is 4.57 Å². The summed E-state index contributed by atoms with van der Waals surface area (Å²) in [5.74, 6) is -0.491. The van der Waals surface area contributed by atoms with Crippen molar-refractivity contribution in [2.75, 3.05) is 19.8 Å². The van der Waals surface area contributed by atoms with E-state index in [0.29, 0.717) is 13.0 Å². The molecule has 1 fully saturated rings. The first kappa shape index (κ1) is 47.8. The summed E-state index contributed by atoms with van der Waals surface area (Å²) in [6.07, 6.45) is 18.3. The molecule has 1 aliphatic rings. The molecule has 300 valence electrons. The second-order valence-corrected chi connectivity index (χ2v) is 15.2. The number of esters is 1. The molecular weight excluding hydrogens is 679 g/mol. The van der Waals surface area contributed by atoms with Crippen LogP contribution in [-0.4, -0.2) is 98.9 Å². The van der Waals surface area contributed by atoms with Crippen LogP contribution >= 0.6 is 7.82 Å². The van der Waals surface area contributed by atoms with Crippen LogP contribution in [0.2, 0.25) is 0 Å². The number of carbonyl (C=O) groups excluding carboxylic acids is 1. The van der Waals surface area contributed by atoms with Crippen LogP contribution in [0, 0.1) is 0 Å². The first-order valence-corrected chi connectivity index (χ1v) is 21.2. The number of aliphatic hydroxyl groups excluding tert-OH is 5. The Balaban J connectivity index is 2.48. The van der Waals surface area contributed by atoms with Crippen molar-refractivity contribution in [2.24, 2.45) is 0 Å². The summed E-state index contributed by atoms with van der Waals surface area (Å²) in [4.78, 5) is 23.0. The van der Waals surface area contributed by atoms with Crippen LogP contribution in [0.1, 0.15) is 149 Å². The van der Waals surface area contributed by atoms with E-state index >= 15 is 0 Å². The van der Waals surface area contributed by atoms with Crippen LogP contribution in [0.25, 0.3) is 0 Å². The van der Waals surface area contributed by atoms with Gasteiger partial charge in [0.25, 0.3) is 0 Å². The van der Waals surface area contributed by atoms with Crippen molar-refractivity contribution in [1.29, 1.82) is 0 Å². The Morgan fingerprint density at radius 2 is 1.08 bits per heavy atom. The molecule has 51 heavy (non-hydrogen) atoms. The summed E-state index contributed by atoms with van der Waals surface area (Å²) in [6.45, 7) is 4.13. The minimum Gasteiger partial charge on any atom is -0.457 e. The molecule has 0 heterocycles. The molecule has 0 bridgehead atoms. The molecule has 0 aromatic rings. The lowest BCUT2D eigenvalue weighted by atomic mass is 9.85. The minimum absolute atomic E-state index is 0.0831. The van der Waals surface area contributed by atoms with Gasteiger partial charge in [0.1, 0.15) is 42.7 Å². The van der Waals surface area contributed by atoms with Crippen LogP contribution in [0.4, 0.5) is 0 Å². The normalized spacial score (nSPS) is 24.3. The maximum absolute atomic E-state index is 12.7. The molecule has 1 rings (SSSR count). The van der Waals surface area contributed by atoms with E-state index < -0.39 is 63.1 Å². The number of aliphatic hydroxyl groups is 5. The van der Waals surface area contributed by atoms with E-state index in [4.69, 9.17) is 18.5 Å². The quantitative estimate of drug-likeness (QED) is 0.0188. The smallest absolute Gasteiger partial charge is 0.457 e. The Morgan fingerprint density at radius 3 is 1.63 bits per heavy atom. The average molecular weight is 751 g/mol. The molecule has 6 N–H and O–H groups in total. The van der Waals surface area contributed by atoms with E-state index in [1.807, 2.05) is 0 Å². The lowest BCUT2D eigenvalue weighted by molar-refractivity contribution is -0.220. The number of hydrogen-bond acceptors (Lipinski definition) is 11. The zero-order valence-corrected chi connectivity index (χ0v) is 32.3. The number of allylic oxidation sites excluding steroid dienone is 4. The van der Waals surface area contributed by atoms with E-state index in [-0.39, 0.29) is 13.0 Å². The number of ether oxygens (including phenoxy) is 2. The molecule has 0 radical (unpaired) electrons. The number of carbonyl (C=O) groups is 1. The number of rotatable bonds is 32. The largest absolute Gasteiger partial charge is 0.472 e. The molecule has 13 heteroatoms. The molecule has 0 aliphatic heterocycles. The number of hydrogen-bond donors (Lipinski definition) is 6. The van der Waals surface area contributed by atoms with Crippen molar-refractivity contribution < 1.29 is 58.3 Å². The van der Waals surface area contributed by atoms with Crippen molar-refractivity contribution in [3.63, 3.8) is 0 Å². The summed E-state index contributed by atoms with van der Waals surface area (Å²) >= 11 is 0. The molecule has 1 saturated carbocycles. The molecular formula is C38H71O12P. The Bertz CT molecular complexity index is 947. The van der Waals surface area contributed by atoms with Gasteiger partial charge in [-0.2, -0.15) is 0 Å². The lowest BCUT2D eigenvalue weighted by Gasteiger charge is -2.41. The SMILES string of the molecule is CCC/C=C\CCCCCCCCOCC(COP(=O)(O)OC1C(O)C(O)C(O)C(O)C1O)OC(=O)CCCCCCC/C=C\CCCCCC. The number of unbranched alkanes of at least 4 members (excludes halogenated alkanes) is 16. The molecule has 0 amide bonds. The highest BCUT2D eigenvalue weighted by atomic mass is 31.2. The summed E-state index contributed by atoms with van der Waals surface area (Å²) in [7, 11) is -5.01. The van der Waals surface area contributed by atoms with Gasteiger partial charge in [0.2, 0.25) is 0 Å². The molecule has 6 unspecified atom stereocenters. The monoisotopic (exact) mass is 750 g/mol. The Morgan fingerprint density at radius 1 is 0.608 bits per heavy atom. The highest BCUT2D eigenvalue weighted by Crippen LogP contribution is 2.47. The van der Waals surface area contributed by atoms with E-state index in [2.05, 4.69) is 38.2 Å². The van der Waals surface area contributed by atoms with E-state index in [1.165, 1.54) is 44.9 Å². The predicted molar refractivity (Wildman–Crippen MR) is 198 cm³/mol. The summed E-state index contributed by atoms with van der Waals surface area (Å²) < 4.78 is 33.9. The fourth-order valence-electron chi connectivity index (χ4n) is 5.82. The summed E-state index contributed by atoms with van der Waals surface area (Å²) in [6, 6.07) is 0. The van der Waals surface area contributed by atoms with Gasteiger partial charge in [0.15, 0.2) is 0 Å². The standard InChI is InChI=1S/C38H71O12P/c1-3-5-7-9-11-13-15-16-17-19-21-23-25-27-32(39)49-31(29-47-28-26-24-22-20-18-14-12-10-8-6-4-2)30-48-51(45,46)50-38-36(43)34(41)33(40)35(42)37(38)44/h8,10,13,15,31,33-38,40-44H,3-7,9,11-12,14,16-30H2,1-2H3,(H,45,46)/b10-8-,15-13-. The molecule has 6 atom stereocenters. The fraction of sp³-hybridized carbons (Fsp3) is 0.868. The summed E-state index contributed by atoms with van der Waals surface area (Å²) in [5, 5.41) is 49.9. The molecule has 0 aromatic heterocycles. The summed E-state index contributed by atoms with van der Waals surface area (Å²) in [5.41, 5.74) is 0. The third kappa shape index (κ3) is 23.3. The third-order valence-electron chi connectivity index (χ3n) is 9.03. The van der Waals surface area contributed by atoms with Crippen molar-refractivity contribution in [3.8, 4) is 0 Å². The van der Waals surface area contributed by atoms with Gasteiger partial charge in [-0.1, -0.05) is 109 Å². The van der Waals surface area contributed by atoms with E-state index in [1.54, 1.807) is 0 Å². The maximum atomic E-state index is 12.7. The van der Waals surface area contributed by atoms with Crippen molar-refractivity contribution >= 4 is 13.8 Å². The van der Waals surface area contributed by atoms with Gasteiger partial charge < -0.3 is 39.9 Å². The zero-order chi connectivity index (χ0) is 37.7. The molecule has 12 nitrogen and oxygen atoms in total. The average Bonchev–Trinajstić information content (AvgIpc) is 3.11. The second-order valence-electron chi connectivity index (χ2n) is 13.8. The van der Waals surface area contributed by atoms with Gasteiger partial charge in [-0.15, -0.1) is 0 Å². The first-order chi connectivity index (χ1) is 24.5. The molecule has 1 aliphatic carbocycles. The highest BCUT2D eigenvalue weighted by molar-refractivity contribution is 7.47. The lowest BCUT2D eigenvalue weighted by Crippen LogP contribution is -2.64. The van der Waals surface area contributed by atoms with Crippen molar-refractivity contribution in [1.82, 2.24) is 0 Å². The predicted octanol–water partition coefficient (Wildman–Crippen LogP) is 6.58. The zero-order valence-electron chi connectivity index (χ0n) is 31.4. The number of phosphoric ester groups is 1. The molecule has 0 spiro atoms. The van der Waals surface area contributed by atoms with Crippen LogP contribution in [0.3, 0.4) is 0 Å². The molecule has 0 aromatic carbocycles. The first-order valence-electron chi connectivity index (χ1n) is 19.7. The minimum atomic E-state index is -5.01. The van der Waals surface area contributed by atoms with Crippen molar-refractivity contribution in [3.05, 3.63) is 24.3 Å². The molecule has 0 saturated heterocycles. The van der Waals surface area contributed by atoms with Crippen LogP contribution in [-0.2, 0) is 27.9 Å². The Labute approximate surface area is 307 Å². The van der Waals surface area contributed by atoms with Gasteiger partial charge >= 0.3 is 13.8 Å². The Hall–Kier alpha value is -1.18. The second kappa shape index (κ2) is 30.2. The van der Waals surface area contributed by atoms with Gasteiger partial charge in [-0.05, 0) is 57.8 Å². The van der Waals surface area contributed by atoms with Crippen molar-refractivity contribution in [2.45, 2.75) is 191 Å². The van der Waals surface area contributed by atoms with Gasteiger partial charge in [-0.3, -0.25) is 13.8 Å².